The maximum atomic E-state index is 13.6. The van der Waals surface area contributed by atoms with E-state index in [4.69, 9.17) is 18.9 Å². The van der Waals surface area contributed by atoms with Gasteiger partial charge in [0.05, 0.1) is 52.4 Å². The first kappa shape index (κ1) is 31.5. The number of fused-ring (bicyclic) bond motifs is 3. The largest absolute Gasteiger partial charge is 0.495 e. The summed E-state index contributed by atoms with van der Waals surface area (Å²) >= 11 is 0. The molecule has 0 spiro atoms. The van der Waals surface area contributed by atoms with E-state index in [0.717, 1.165) is 28.1 Å². The Bertz CT molecular complexity index is 1640. The van der Waals surface area contributed by atoms with Gasteiger partial charge in [0.1, 0.15) is 5.75 Å². The molecule has 1 heterocycles. The van der Waals surface area contributed by atoms with E-state index in [9.17, 15) is 14.4 Å². The summed E-state index contributed by atoms with van der Waals surface area (Å²) in [5.74, 6) is 1.95. The van der Waals surface area contributed by atoms with Crippen molar-refractivity contribution in [3.05, 3.63) is 69.9 Å². The summed E-state index contributed by atoms with van der Waals surface area (Å²) in [5.41, 5.74) is 4.09. The van der Waals surface area contributed by atoms with Crippen LogP contribution in [-0.4, -0.2) is 77.9 Å². The van der Waals surface area contributed by atoms with Crippen molar-refractivity contribution in [1.29, 1.82) is 0 Å². The highest BCUT2D eigenvalue weighted by Gasteiger charge is 2.30. The lowest BCUT2D eigenvalue weighted by molar-refractivity contribution is -0.129. The summed E-state index contributed by atoms with van der Waals surface area (Å²) in [7, 11) is 6.32. The van der Waals surface area contributed by atoms with E-state index in [0.29, 0.717) is 61.8 Å². The molecule has 0 aromatic heterocycles. The van der Waals surface area contributed by atoms with Crippen molar-refractivity contribution in [2.24, 2.45) is 0 Å². The average molecular weight is 617 g/mol. The maximum absolute atomic E-state index is 13.6. The van der Waals surface area contributed by atoms with E-state index >= 15 is 0 Å². The Hall–Kier alpha value is -4.93. The quantitative estimate of drug-likeness (QED) is 0.372. The van der Waals surface area contributed by atoms with E-state index in [2.05, 4.69) is 15.5 Å². The Kier molecular flexibility index (Phi) is 9.65. The number of carbonyl (C=O) groups excluding carboxylic acids is 2. The number of nitrogens with zero attached hydrogens (tertiary/aromatic N) is 2. The molecule has 2 aliphatic rings. The van der Waals surface area contributed by atoms with Gasteiger partial charge in [-0.05, 0) is 59.9 Å². The molecule has 238 valence electrons. The zero-order chi connectivity index (χ0) is 32.1. The second kappa shape index (κ2) is 13.8. The van der Waals surface area contributed by atoms with Gasteiger partial charge in [0.2, 0.25) is 23.0 Å². The minimum atomic E-state index is -0.416. The number of methoxy groups -OCH3 is 4. The standard InChI is InChI=1S/C34H40N4O7/c1-21(39)36-25-12-10-22-18-30(43-3)33(44-4)34(45-5)32(22)23-11-13-26(28(40)19-24(23)25)35-20-31(41)38-16-14-37(15-17-38)27-8-6-7-9-29(27)42-2/h6-9,11,13,18-19,25H,10,12,14-17,20H2,1-5H3,(H,35,40)(H,36,39). The van der Waals surface area contributed by atoms with Crippen LogP contribution in [0.2, 0.25) is 0 Å². The van der Waals surface area contributed by atoms with Crippen LogP contribution in [0, 0.1) is 0 Å². The molecule has 1 atom stereocenters. The number of hydrogen-bond donors (Lipinski definition) is 2. The SMILES string of the molecule is COc1ccccc1N1CCN(C(=O)CNc2ccc3c(cc2=O)C(NC(C)=O)CCc2cc(OC)c(OC)c(OC)c2-3)CC1. The molecule has 45 heavy (non-hydrogen) atoms. The number of aryl methyl sites for hydroxylation is 1. The number of amides is 2. The van der Waals surface area contributed by atoms with Gasteiger partial charge in [-0.2, -0.15) is 0 Å². The molecule has 1 fully saturated rings. The number of para-hydroxylation sites is 2. The van der Waals surface area contributed by atoms with Crippen molar-refractivity contribution >= 4 is 23.2 Å². The second-order valence-corrected chi connectivity index (χ2v) is 11.0. The van der Waals surface area contributed by atoms with Crippen molar-refractivity contribution in [3.63, 3.8) is 0 Å². The molecule has 0 bridgehead atoms. The number of anilines is 2. The van der Waals surface area contributed by atoms with Crippen LogP contribution in [0.3, 0.4) is 0 Å². The van der Waals surface area contributed by atoms with E-state index in [1.807, 2.05) is 36.4 Å². The summed E-state index contributed by atoms with van der Waals surface area (Å²) in [6, 6.07) is 14.4. The predicted molar refractivity (Wildman–Crippen MR) is 173 cm³/mol. The molecule has 5 rings (SSSR count). The molecule has 11 nitrogen and oxygen atoms in total. The first-order chi connectivity index (χ1) is 21.8. The molecular weight excluding hydrogens is 576 g/mol. The molecule has 1 aliphatic carbocycles. The van der Waals surface area contributed by atoms with Crippen LogP contribution in [0.5, 0.6) is 23.0 Å². The Balaban J connectivity index is 1.41. The van der Waals surface area contributed by atoms with Gasteiger partial charge in [0, 0.05) is 38.7 Å². The third-order valence-corrected chi connectivity index (χ3v) is 8.40. The number of hydrogen-bond acceptors (Lipinski definition) is 9. The smallest absolute Gasteiger partial charge is 0.241 e. The normalized spacial score (nSPS) is 15.6. The molecule has 1 unspecified atom stereocenters. The van der Waals surface area contributed by atoms with Gasteiger partial charge in [0.25, 0.3) is 0 Å². The second-order valence-electron chi connectivity index (χ2n) is 11.0. The Morgan fingerprint density at radius 2 is 1.58 bits per heavy atom. The topological polar surface area (TPSA) is 119 Å². The van der Waals surface area contributed by atoms with E-state index < -0.39 is 6.04 Å². The van der Waals surface area contributed by atoms with Gasteiger partial charge in [0.15, 0.2) is 11.5 Å². The molecule has 1 saturated heterocycles. The minimum Gasteiger partial charge on any atom is -0.495 e. The number of nitrogens with one attached hydrogen (secondary N) is 2. The number of ether oxygens (including phenoxy) is 4. The average Bonchev–Trinajstić information content (AvgIpc) is 3.30. The third-order valence-electron chi connectivity index (χ3n) is 8.40. The van der Waals surface area contributed by atoms with Crippen LogP contribution in [-0.2, 0) is 16.0 Å². The van der Waals surface area contributed by atoms with E-state index in [1.165, 1.54) is 6.92 Å². The Morgan fingerprint density at radius 3 is 2.24 bits per heavy atom. The van der Waals surface area contributed by atoms with Crippen molar-refractivity contribution in [2.45, 2.75) is 25.8 Å². The van der Waals surface area contributed by atoms with Crippen molar-refractivity contribution < 1.29 is 28.5 Å². The zero-order valence-electron chi connectivity index (χ0n) is 26.4. The summed E-state index contributed by atoms with van der Waals surface area (Å²) in [4.78, 5) is 43.0. The van der Waals surface area contributed by atoms with Crippen LogP contribution in [0.15, 0.2) is 53.3 Å². The number of carbonyl (C=O) groups is 2. The Morgan fingerprint density at radius 1 is 0.867 bits per heavy atom. The lowest BCUT2D eigenvalue weighted by Gasteiger charge is -2.36. The van der Waals surface area contributed by atoms with E-state index in [1.54, 1.807) is 45.5 Å². The van der Waals surface area contributed by atoms with Crippen molar-refractivity contribution in [1.82, 2.24) is 10.2 Å². The van der Waals surface area contributed by atoms with Crippen LogP contribution in [0.1, 0.15) is 30.5 Å². The highest BCUT2D eigenvalue weighted by atomic mass is 16.5. The lowest BCUT2D eigenvalue weighted by atomic mass is 9.95. The zero-order valence-corrected chi connectivity index (χ0v) is 26.4. The highest BCUT2D eigenvalue weighted by molar-refractivity contribution is 5.84. The van der Waals surface area contributed by atoms with Gasteiger partial charge in [-0.1, -0.05) is 18.2 Å². The summed E-state index contributed by atoms with van der Waals surface area (Å²) < 4.78 is 22.6. The van der Waals surface area contributed by atoms with Gasteiger partial charge in [-0.3, -0.25) is 14.4 Å². The number of rotatable bonds is 9. The van der Waals surface area contributed by atoms with Gasteiger partial charge >= 0.3 is 0 Å². The molecule has 2 amide bonds. The van der Waals surface area contributed by atoms with Crippen LogP contribution in [0.25, 0.3) is 11.1 Å². The molecule has 3 aromatic rings. The first-order valence-electron chi connectivity index (χ1n) is 15.0. The fourth-order valence-corrected chi connectivity index (χ4v) is 6.22. The van der Waals surface area contributed by atoms with Gasteiger partial charge < -0.3 is 39.4 Å². The molecule has 1 aliphatic heterocycles. The fourth-order valence-electron chi connectivity index (χ4n) is 6.22. The van der Waals surface area contributed by atoms with Crippen LogP contribution < -0.4 is 39.9 Å². The minimum absolute atomic E-state index is 0.0291. The van der Waals surface area contributed by atoms with Crippen molar-refractivity contribution in [2.75, 3.05) is 71.4 Å². The predicted octanol–water partition coefficient (Wildman–Crippen LogP) is 3.63. The molecule has 3 aromatic carbocycles. The Labute approximate surface area is 263 Å². The molecular formula is C34H40N4O7. The monoisotopic (exact) mass is 616 g/mol. The first-order valence-corrected chi connectivity index (χ1v) is 15.0. The number of piperazine rings is 1. The lowest BCUT2D eigenvalue weighted by Crippen LogP contribution is -2.50. The highest BCUT2D eigenvalue weighted by Crippen LogP contribution is 2.50. The third kappa shape index (κ3) is 6.47. The molecule has 11 heteroatoms. The van der Waals surface area contributed by atoms with Crippen molar-refractivity contribution in [3.8, 4) is 34.1 Å². The molecule has 0 radical (unpaired) electrons. The van der Waals surface area contributed by atoms with Gasteiger partial charge in [-0.15, -0.1) is 0 Å². The molecule has 2 N–H and O–H groups in total. The maximum Gasteiger partial charge on any atom is 0.241 e. The summed E-state index contributed by atoms with van der Waals surface area (Å²) in [5, 5.41) is 6.09. The van der Waals surface area contributed by atoms with Crippen LogP contribution >= 0.6 is 0 Å². The summed E-state index contributed by atoms with van der Waals surface area (Å²) in [6.07, 6.45) is 1.16. The van der Waals surface area contributed by atoms with E-state index in [-0.39, 0.29) is 29.5 Å². The van der Waals surface area contributed by atoms with Crippen LogP contribution in [0.4, 0.5) is 11.4 Å². The number of benzene rings is 2. The summed E-state index contributed by atoms with van der Waals surface area (Å²) in [6.45, 7) is 3.89. The van der Waals surface area contributed by atoms with Gasteiger partial charge in [-0.25, -0.2) is 0 Å². The fraction of sp³-hybridized carbons (Fsp3) is 0.382. The molecule has 0 saturated carbocycles.